The van der Waals surface area contributed by atoms with Gasteiger partial charge in [-0.3, -0.25) is 19.1 Å². The molecular weight excluding hydrogens is 456 g/mol. The van der Waals surface area contributed by atoms with Gasteiger partial charge in [0.05, 0.1) is 5.02 Å². The van der Waals surface area contributed by atoms with Crippen molar-refractivity contribution in [2.24, 2.45) is 0 Å². The molecule has 5 atom stereocenters. The molecule has 1 aromatic heterocycles. The van der Waals surface area contributed by atoms with Crippen LogP contribution in [0.15, 0.2) is 34.0 Å². The van der Waals surface area contributed by atoms with E-state index in [1.807, 2.05) is 4.98 Å². The Morgan fingerprint density at radius 1 is 1.42 bits per heavy atom. The maximum Gasteiger partial charge on any atom is 0.330 e. The molecule has 1 fully saturated rings. The highest BCUT2D eigenvalue weighted by Crippen LogP contribution is 2.31. The third-order valence-corrected chi connectivity index (χ3v) is 5.29. The molecule has 12 heteroatoms. The molecule has 9 nitrogen and oxygen atoms in total. The summed E-state index contributed by atoms with van der Waals surface area (Å²) in [4.78, 5) is 37.9. The van der Waals surface area contributed by atoms with E-state index in [-0.39, 0.29) is 22.9 Å². The average molecular weight is 476 g/mol. The average Bonchev–Trinajstić information content (AvgIpc) is 2.99. The number of carbonyl (C=O) groups is 1. The Kier molecular flexibility index (Phi) is 7.05. The SMILES string of the molecule is Cc1cn([C@@H]2O[C@H](CNC(=O)C(C)Oc3ccc(Cl)cc3Cl)[C@@H](O)[C@@H]2F)c(=O)[nH]c1=O. The number of amides is 1. The molecule has 2 aromatic rings. The number of H-pyrrole nitrogens is 1. The number of aryl methyl sites for hydroxylation is 1. The van der Waals surface area contributed by atoms with Crippen molar-refractivity contribution in [3.63, 3.8) is 0 Å². The van der Waals surface area contributed by atoms with Gasteiger partial charge in [0.25, 0.3) is 11.5 Å². The second-order valence-electron chi connectivity index (χ2n) is 7.06. The molecule has 0 saturated carbocycles. The third kappa shape index (κ3) is 5.09. The summed E-state index contributed by atoms with van der Waals surface area (Å²) >= 11 is 11.8. The summed E-state index contributed by atoms with van der Waals surface area (Å²) in [6.45, 7) is 2.69. The summed E-state index contributed by atoms with van der Waals surface area (Å²) < 4.78 is 26.4. The molecule has 1 unspecified atom stereocenters. The van der Waals surface area contributed by atoms with Gasteiger partial charge in [0.15, 0.2) is 18.5 Å². The van der Waals surface area contributed by atoms with Gasteiger partial charge in [-0.25, -0.2) is 9.18 Å². The number of aliphatic hydroxyl groups excluding tert-OH is 1. The van der Waals surface area contributed by atoms with Gasteiger partial charge in [0, 0.05) is 23.3 Å². The van der Waals surface area contributed by atoms with Crippen molar-refractivity contribution in [1.82, 2.24) is 14.9 Å². The van der Waals surface area contributed by atoms with Gasteiger partial charge >= 0.3 is 5.69 Å². The Bertz CT molecular complexity index is 1090. The van der Waals surface area contributed by atoms with E-state index < -0.39 is 47.9 Å². The molecule has 1 aliphatic heterocycles. The molecule has 0 radical (unpaired) electrons. The monoisotopic (exact) mass is 475 g/mol. The van der Waals surface area contributed by atoms with Crippen molar-refractivity contribution in [3.8, 4) is 5.75 Å². The first kappa shape index (κ1) is 23.3. The Labute approximate surface area is 185 Å². The van der Waals surface area contributed by atoms with E-state index in [1.165, 1.54) is 26.0 Å². The van der Waals surface area contributed by atoms with Crippen molar-refractivity contribution < 1.29 is 23.8 Å². The quantitative estimate of drug-likeness (QED) is 0.579. The fraction of sp³-hybridized carbons (Fsp3) is 0.421. The fourth-order valence-corrected chi connectivity index (χ4v) is 3.48. The summed E-state index contributed by atoms with van der Waals surface area (Å²) in [6.07, 6.45) is -5.95. The van der Waals surface area contributed by atoms with Crippen LogP contribution < -0.4 is 21.3 Å². The standard InChI is InChI=1S/C19H20Cl2FN3O6/c1-8-7-25(19(29)24-16(8)27)18-14(22)15(26)13(31-18)6-23-17(28)9(2)30-12-4-3-10(20)5-11(12)21/h3-5,7,9,13-15,18,26H,6H2,1-2H3,(H,23,28)(H,24,27,29)/t9?,13-,14+,15-,18-/m1/s1. The van der Waals surface area contributed by atoms with Crippen LogP contribution in [-0.2, 0) is 9.53 Å². The van der Waals surface area contributed by atoms with E-state index >= 15 is 0 Å². The molecule has 3 N–H and O–H groups in total. The number of alkyl halides is 1. The van der Waals surface area contributed by atoms with E-state index in [2.05, 4.69) is 5.32 Å². The summed E-state index contributed by atoms with van der Waals surface area (Å²) in [5.41, 5.74) is -1.30. The van der Waals surface area contributed by atoms with Crippen LogP contribution in [0.2, 0.25) is 10.0 Å². The Morgan fingerprint density at radius 2 is 2.13 bits per heavy atom. The van der Waals surface area contributed by atoms with Crippen LogP contribution in [-0.4, -0.2) is 51.6 Å². The number of aromatic nitrogens is 2. The first-order valence-electron chi connectivity index (χ1n) is 9.27. The van der Waals surface area contributed by atoms with Crippen LogP contribution in [0.4, 0.5) is 4.39 Å². The summed E-state index contributed by atoms with van der Waals surface area (Å²) in [5, 5.41) is 13.3. The van der Waals surface area contributed by atoms with Gasteiger partial charge in [-0.2, -0.15) is 0 Å². The molecule has 1 aliphatic rings. The number of carbonyl (C=O) groups excluding carboxylic acids is 1. The zero-order chi connectivity index (χ0) is 22.9. The van der Waals surface area contributed by atoms with Gasteiger partial charge in [0.2, 0.25) is 0 Å². The summed E-state index contributed by atoms with van der Waals surface area (Å²) in [6, 6.07) is 4.53. The van der Waals surface area contributed by atoms with Gasteiger partial charge in [-0.15, -0.1) is 0 Å². The lowest BCUT2D eigenvalue weighted by Crippen LogP contribution is -2.43. The minimum atomic E-state index is -1.95. The number of nitrogens with zero attached hydrogens (tertiary/aromatic N) is 1. The smallest absolute Gasteiger partial charge is 0.330 e. The lowest BCUT2D eigenvalue weighted by atomic mass is 10.1. The largest absolute Gasteiger partial charge is 0.479 e. The molecular formula is C19H20Cl2FN3O6. The highest BCUT2D eigenvalue weighted by Gasteiger charge is 2.45. The Hall–Kier alpha value is -2.40. The highest BCUT2D eigenvalue weighted by molar-refractivity contribution is 6.35. The van der Waals surface area contributed by atoms with Crippen molar-refractivity contribution in [1.29, 1.82) is 0 Å². The first-order valence-corrected chi connectivity index (χ1v) is 10.0. The van der Waals surface area contributed by atoms with E-state index in [0.29, 0.717) is 5.02 Å². The number of aliphatic hydroxyl groups is 1. The normalized spacial score (nSPS) is 24.1. The zero-order valence-electron chi connectivity index (χ0n) is 16.5. The van der Waals surface area contributed by atoms with Crippen molar-refractivity contribution >= 4 is 29.1 Å². The number of halogens is 3. The topological polar surface area (TPSA) is 123 Å². The second-order valence-corrected chi connectivity index (χ2v) is 7.90. The molecule has 1 aromatic carbocycles. The number of rotatable bonds is 6. The number of benzene rings is 1. The van der Waals surface area contributed by atoms with Gasteiger partial charge in [-0.1, -0.05) is 23.2 Å². The summed E-state index contributed by atoms with van der Waals surface area (Å²) in [7, 11) is 0. The van der Waals surface area contributed by atoms with E-state index in [0.717, 1.165) is 10.8 Å². The number of hydrogen-bond acceptors (Lipinski definition) is 6. The van der Waals surface area contributed by atoms with Crippen LogP contribution >= 0.6 is 23.2 Å². The highest BCUT2D eigenvalue weighted by atomic mass is 35.5. The predicted octanol–water partition coefficient (Wildman–Crippen LogP) is 1.33. The zero-order valence-corrected chi connectivity index (χ0v) is 18.0. The van der Waals surface area contributed by atoms with Gasteiger partial charge in [0.1, 0.15) is 18.0 Å². The molecule has 168 valence electrons. The van der Waals surface area contributed by atoms with Gasteiger partial charge < -0.3 is 19.9 Å². The van der Waals surface area contributed by atoms with Crippen molar-refractivity contribution in [2.45, 2.75) is 44.6 Å². The molecule has 0 spiro atoms. The number of nitrogens with one attached hydrogen (secondary N) is 2. The predicted molar refractivity (Wildman–Crippen MR) is 110 cm³/mol. The van der Waals surface area contributed by atoms with E-state index in [4.69, 9.17) is 32.7 Å². The Morgan fingerprint density at radius 3 is 2.81 bits per heavy atom. The molecule has 0 aliphatic carbocycles. The first-order chi connectivity index (χ1) is 14.6. The lowest BCUT2D eigenvalue weighted by molar-refractivity contribution is -0.128. The molecule has 1 saturated heterocycles. The summed E-state index contributed by atoms with van der Waals surface area (Å²) in [5.74, 6) is -0.305. The molecule has 3 rings (SSSR count). The van der Waals surface area contributed by atoms with Crippen LogP contribution in [0.3, 0.4) is 0 Å². The van der Waals surface area contributed by atoms with Crippen LogP contribution in [0.5, 0.6) is 5.75 Å². The van der Waals surface area contributed by atoms with Crippen LogP contribution in [0, 0.1) is 6.92 Å². The minimum absolute atomic E-state index is 0.175. The van der Waals surface area contributed by atoms with Crippen molar-refractivity contribution in [2.75, 3.05) is 6.54 Å². The second kappa shape index (κ2) is 9.39. The molecule has 31 heavy (non-hydrogen) atoms. The van der Waals surface area contributed by atoms with Crippen LogP contribution in [0.25, 0.3) is 0 Å². The molecule has 2 heterocycles. The maximum atomic E-state index is 14.6. The minimum Gasteiger partial charge on any atom is -0.479 e. The van der Waals surface area contributed by atoms with Crippen LogP contribution in [0.1, 0.15) is 18.7 Å². The fourth-order valence-electron chi connectivity index (χ4n) is 3.03. The number of ether oxygens (including phenoxy) is 2. The number of hydrogen-bond donors (Lipinski definition) is 3. The maximum absolute atomic E-state index is 14.6. The lowest BCUT2D eigenvalue weighted by Gasteiger charge is -2.19. The Balaban J connectivity index is 1.62. The van der Waals surface area contributed by atoms with Crippen molar-refractivity contribution in [3.05, 3.63) is 60.8 Å². The van der Waals surface area contributed by atoms with Gasteiger partial charge in [-0.05, 0) is 32.0 Å². The van der Waals surface area contributed by atoms with E-state index in [1.54, 1.807) is 6.07 Å². The molecule has 0 bridgehead atoms. The van der Waals surface area contributed by atoms with E-state index in [9.17, 15) is 23.9 Å². The third-order valence-electron chi connectivity index (χ3n) is 4.76. The number of aromatic amines is 1. The molecule has 1 amide bonds.